The highest BCUT2D eigenvalue weighted by atomic mass is 16.3. The highest BCUT2D eigenvalue weighted by molar-refractivity contribution is 6.24. The van der Waals surface area contributed by atoms with Gasteiger partial charge < -0.3 is 13.3 Å². The van der Waals surface area contributed by atoms with Crippen LogP contribution in [0.5, 0.6) is 0 Å². The second kappa shape index (κ2) is 38.2. The Morgan fingerprint density at radius 1 is 0.129 bits per heavy atom. The minimum atomic E-state index is 0.648. The topological polar surface area (TPSA) is 155 Å². The van der Waals surface area contributed by atoms with Crippen molar-refractivity contribution in [3.05, 3.63) is 516 Å². The number of pyridine rings is 3. The molecule has 0 aliphatic carbocycles. The van der Waals surface area contributed by atoms with Gasteiger partial charge in [-0.3, -0.25) is 0 Å². The fourth-order valence-electron chi connectivity index (χ4n) is 20.1. The van der Waals surface area contributed by atoms with E-state index < -0.39 is 0 Å². The van der Waals surface area contributed by atoms with Gasteiger partial charge in [-0.25, -0.2) is 44.9 Å². The molecule has 0 spiro atoms. The van der Waals surface area contributed by atoms with Crippen molar-refractivity contribution in [1.29, 1.82) is 0 Å². The van der Waals surface area contributed by atoms with Crippen molar-refractivity contribution in [1.82, 2.24) is 44.9 Å². The minimum absolute atomic E-state index is 0.648. The Bertz CT molecular complexity index is 9620. The lowest BCUT2D eigenvalue weighted by molar-refractivity contribution is 0.672. The van der Waals surface area contributed by atoms with Gasteiger partial charge in [0.2, 0.25) is 0 Å². The summed E-state index contributed by atoms with van der Waals surface area (Å²) >= 11 is 0. The van der Waals surface area contributed by atoms with Gasteiger partial charge in [0.15, 0.2) is 17.5 Å². The predicted octanol–water partition coefficient (Wildman–Crippen LogP) is 35.4. The third-order valence-corrected chi connectivity index (χ3v) is 27.3. The molecular formula is C135H85N9O3. The van der Waals surface area contributed by atoms with E-state index in [9.17, 15) is 0 Å². The van der Waals surface area contributed by atoms with Crippen LogP contribution in [0.4, 0.5) is 0 Å². The summed E-state index contributed by atoms with van der Waals surface area (Å²) in [5, 5.41) is 9.11. The Kier molecular flexibility index (Phi) is 22.7. The van der Waals surface area contributed by atoms with Gasteiger partial charge >= 0.3 is 0 Å². The average molecular weight is 1880 g/mol. The molecule has 9 aromatic heterocycles. The van der Waals surface area contributed by atoms with Gasteiger partial charge in [0.05, 0.1) is 84.0 Å². The summed E-state index contributed by atoms with van der Waals surface area (Å²) in [6, 6.07) is 177. The molecule has 0 amide bonds. The van der Waals surface area contributed by atoms with Crippen LogP contribution in [0.3, 0.4) is 0 Å². The van der Waals surface area contributed by atoms with Gasteiger partial charge in [0, 0.05) is 105 Å². The van der Waals surface area contributed by atoms with E-state index in [1.54, 1.807) is 0 Å². The number of nitrogens with zero attached hydrogens (tertiary/aromatic N) is 9. The molecule has 0 N–H and O–H groups in total. The molecule has 12 heteroatoms. The van der Waals surface area contributed by atoms with E-state index in [0.29, 0.717) is 17.5 Å². The third kappa shape index (κ3) is 16.9. The van der Waals surface area contributed by atoms with E-state index in [1.165, 1.54) is 16.7 Å². The van der Waals surface area contributed by atoms with Gasteiger partial charge in [-0.2, -0.15) is 0 Å². The summed E-state index contributed by atoms with van der Waals surface area (Å²) in [6.07, 6.45) is 0. The molecule has 147 heavy (non-hydrogen) atoms. The summed E-state index contributed by atoms with van der Waals surface area (Å²) in [6.45, 7) is 0. The molecule has 0 bridgehead atoms. The summed E-state index contributed by atoms with van der Waals surface area (Å²) in [5.74, 6) is 1.99. The lowest BCUT2D eigenvalue weighted by atomic mass is 9.97. The smallest absolute Gasteiger partial charge is 0.160 e. The maximum atomic E-state index is 6.63. The molecule has 0 aliphatic rings. The zero-order chi connectivity index (χ0) is 97.5. The molecule has 0 radical (unpaired) electrons. The monoisotopic (exact) mass is 1880 g/mol. The molecule has 9 heterocycles. The molecule has 0 atom stereocenters. The first-order valence-electron chi connectivity index (χ1n) is 49.2. The normalized spacial score (nSPS) is 11.4. The number of furan rings is 3. The van der Waals surface area contributed by atoms with Crippen LogP contribution in [0.25, 0.3) is 279 Å². The van der Waals surface area contributed by atoms with Crippen molar-refractivity contribution >= 4 is 98.5 Å². The fourth-order valence-corrected chi connectivity index (χ4v) is 20.1. The van der Waals surface area contributed by atoms with Crippen LogP contribution < -0.4 is 0 Å². The number of hydrogen-bond donors (Lipinski definition) is 0. The molecule has 28 aromatic rings. The second-order valence-corrected chi connectivity index (χ2v) is 36.4. The van der Waals surface area contributed by atoms with E-state index in [0.717, 1.165) is 244 Å². The zero-order valence-electron chi connectivity index (χ0n) is 79.3. The molecule has 0 saturated heterocycles. The van der Waals surface area contributed by atoms with Crippen molar-refractivity contribution in [2.24, 2.45) is 0 Å². The van der Waals surface area contributed by atoms with Crippen molar-refractivity contribution < 1.29 is 13.3 Å². The predicted molar refractivity (Wildman–Crippen MR) is 601 cm³/mol. The Morgan fingerprint density at radius 3 is 0.633 bits per heavy atom. The standard InChI is InChI=1S/C49H31N3O.2C43H27N3O/c1-4-13-32(14-5-1)34-23-27-36(28-24-34)42-31-43(51-49(50-42)38-29-25-35(26-30-38)33-15-6-2-7-16-33)39-20-12-21-41-47(39)52-46(37-17-8-3-9-18-37)45-40-19-10-11-22-44(40)53-48(41)45;1-4-13-29(14-5-1)36-27-37(30-15-6-2-7-16-30)45-43(44-36)32-25-23-28(24-26-32)33-20-12-21-35-41(33)46-40(31-17-8-3-9-18-31)39-34-19-10-11-22-38(34)47-42(35)39;1-4-13-28(14-5-1)29-23-25-30(26-24-29)36-27-37(45-43(44-36)32-17-8-3-9-18-32)33-20-12-21-35-41(33)46-40(31-15-6-2-7-16-31)39-34-19-10-11-22-38(34)47-42(35)39/h1-31H;2*1-27H. The van der Waals surface area contributed by atoms with E-state index in [-0.39, 0.29) is 0 Å². The van der Waals surface area contributed by atoms with Crippen LogP contribution in [-0.4, -0.2) is 44.9 Å². The Balaban J connectivity index is 0.000000112. The summed E-state index contributed by atoms with van der Waals surface area (Å²) in [7, 11) is 0. The lowest BCUT2D eigenvalue weighted by Crippen LogP contribution is -1.98. The van der Waals surface area contributed by atoms with Crippen LogP contribution in [-0.2, 0) is 0 Å². The number of fused-ring (bicyclic) bond motifs is 15. The van der Waals surface area contributed by atoms with Crippen molar-refractivity contribution in [3.8, 4) is 180 Å². The molecule has 0 fully saturated rings. The molecule has 0 unspecified atom stereocenters. The van der Waals surface area contributed by atoms with Crippen molar-refractivity contribution in [2.45, 2.75) is 0 Å². The Hall–Kier alpha value is -20.0. The highest BCUT2D eigenvalue weighted by Gasteiger charge is 2.27. The van der Waals surface area contributed by atoms with Crippen molar-refractivity contribution in [2.75, 3.05) is 0 Å². The summed E-state index contributed by atoms with van der Waals surface area (Å²) in [4.78, 5) is 46.9. The maximum absolute atomic E-state index is 6.63. The van der Waals surface area contributed by atoms with Gasteiger partial charge in [0.25, 0.3) is 0 Å². The molecule has 12 nitrogen and oxygen atoms in total. The molecule has 688 valence electrons. The van der Waals surface area contributed by atoms with Gasteiger partial charge in [-0.1, -0.05) is 461 Å². The molecule has 28 rings (SSSR count). The highest BCUT2D eigenvalue weighted by Crippen LogP contribution is 2.48. The summed E-state index contributed by atoms with van der Waals surface area (Å²) in [5.41, 5.74) is 36.3. The van der Waals surface area contributed by atoms with Crippen molar-refractivity contribution in [3.63, 3.8) is 0 Å². The lowest BCUT2D eigenvalue weighted by Gasteiger charge is -2.13. The first-order valence-corrected chi connectivity index (χ1v) is 49.2. The molecule has 19 aromatic carbocycles. The molecule has 0 aliphatic heterocycles. The van der Waals surface area contributed by atoms with Gasteiger partial charge in [0.1, 0.15) is 33.5 Å². The molecular weight excluding hydrogens is 1800 g/mol. The van der Waals surface area contributed by atoms with E-state index >= 15 is 0 Å². The van der Waals surface area contributed by atoms with Gasteiger partial charge in [-0.15, -0.1) is 0 Å². The van der Waals surface area contributed by atoms with Crippen LogP contribution >= 0.6 is 0 Å². The summed E-state index contributed by atoms with van der Waals surface area (Å²) < 4.78 is 19.7. The second-order valence-electron chi connectivity index (χ2n) is 36.4. The molecule has 0 saturated carbocycles. The fraction of sp³-hybridized carbons (Fsp3) is 0. The number of benzene rings is 19. The maximum Gasteiger partial charge on any atom is 0.160 e. The number of aromatic nitrogens is 9. The van der Waals surface area contributed by atoms with Crippen LogP contribution in [0.1, 0.15) is 0 Å². The van der Waals surface area contributed by atoms with E-state index in [2.05, 4.69) is 358 Å². The Morgan fingerprint density at radius 2 is 0.327 bits per heavy atom. The van der Waals surface area contributed by atoms with E-state index in [1.807, 2.05) is 158 Å². The Labute approximate surface area is 846 Å². The zero-order valence-corrected chi connectivity index (χ0v) is 79.3. The number of hydrogen-bond acceptors (Lipinski definition) is 12. The van der Waals surface area contributed by atoms with Crippen LogP contribution in [0.15, 0.2) is 529 Å². The number of rotatable bonds is 16. The van der Waals surface area contributed by atoms with Crippen LogP contribution in [0.2, 0.25) is 0 Å². The first kappa shape index (κ1) is 87.3. The quantitative estimate of drug-likeness (QED) is 0.0904. The largest absolute Gasteiger partial charge is 0.455 e. The van der Waals surface area contributed by atoms with E-state index in [4.69, 9.17) is 58.1 Å². The van der Waals surface area contributed by atoms with Gasteiger partial charge in [-0.05, 0) is 93.5 Å². The van der Waals surface area contributed by atoms with Crippen LogP contribution in [0, 0.1) is 0 Å². The minimum Gasteiger partial charge on any atom is -0.455 e. The number of para-hydroxylation sites is 6. The SMILES string of the molecule is c1ccc(-c2cc(-c3ccccc3)nc(-c3ccc(-c4cccc5c4nc(-c4ccccc4)c4c6ccccc6oc54)cc3)n2)cc1.c1ccc(-c2ccc(-c3cc(-c4cccc5c4nc(-c4ccccc4)c4c6ccccc6oc54)nc(-c4ccc(-c5ccccc5)cc4)n3)cc2)cc1.c1ccc(-c2ccc(-c3cc(-c4cccc5c4nc(-c4ccccc4)c4c6ccccc6oc54)nc(-c4ccccc4)n3)cc2)cc1. The third-order valence-electron chi connectivity index (χ3n) is 27.3. The average Bonchev–Trinajstić information content (AvgIpc) is 1.60. The first-order chi connectivity index (χ1) is 72.9.